The van der Waals surface area contributed by atoms with Gasteiger partial charge in [0.05, 0.1) is 28.4 Å². The highest BCUT2D eigenvalue weighted by Gasteiger charge is 2.39. The predicted octanol–water partition coefficient (Wildman–Crippen LogP) is 6.92. The van der Waals surface area contributed by atoms with E-state index >= 15 is 0 Å². The van der Waals surface area contributed by atoms with Gasteiger partial charge in [-0.25, -0.2) is 4.98 Å². The zero-order valence-electron chi connectivity index (χ0n) is 21.9. The fraction of sp³-hybridized carbons (Fsp3) is 0.303. The lowest BCUT2D eigenvalue weighted by atomic mass is 9.83. The van der Waals surface area contributed by atoms with E-state index in [2.05, 4.69) is 29.2 Å². The number of ether oxygens (including phenoxy) is 1. The largest absolute Gasteiger partial charge is 0.487 e. The Kier molecular flexibility index (Phi) is 7.37. The zero-order valence-corrected chi connectivity index (χ0v) is 21.9. The minimum absolute atomic E-state index is 0.192. The van der Waals surface area contributed by atoms with E-state index in [-0.39, 0.29) is 17.9 Å². The number of aromatic nitrogens is 1. The SMILES string of the molecule is O=C1c2ccccc2C(=O)N1OC(CCc1ccc(OCc2ccc3ccccc3n2)cc1)C1CCCCC1. The molecule has 2 aliphatic rings. The van der Waals surface area contributed by atoms with E-state index in [1.54, 1.807) is 24.3 Å². The number of imide groups is 1. The van der Waals surface area contributed by atoms with E-state index in [4.69, 9.17) is 9.57 Å². The van der Waals surface area contributed by atoms with Gasteiger partial charge in [-0.15, -0.1) is 5.06 Å². The highest BCUT2D eigenvalue weighted by atomic mass is 16.7. The summed E-state index contributed by atoms with van der Waals surface area (Å²) < 4.78 is 5.99. The van der Waals surface area contributed by atoms with Crippen LogP contribution in [0.15, 0.2) is 84.9 Å². The summed E-state index contributed by atoms with van der Waals surface area (Å²) in [7, 11) is 0. The molecule has 1 atom stereocenters. The Labute approximate surface area is 228 Å². The maximum atomic E-state index is 12.9. The van der Waals surface area contributed by atoms with Crippen LogP contribution < -0.4 is 4.74 Å². The number of pyridine rings is 1. The van der Waals surface area contributed by atoms with Crippen molar-refractivity contribution in [2.75, 3.05) is 0 Å². The molecule has 1 unspecified atom stereocenters. The first kappa shape index (κ1) is 25.3. The van der Waals surface area contributed by atoms with Crippen LogP contribution in [0.5, 0.6) is 5.75 Å². The molecule has 2 heterocycles. The van der Waals surface area contributed by atoms with Crippen molar-refractivity contribution < 1.29 is 19.2 Å². The number of aryl methyl sites for hydroxylation is 1. The standard InChI is InChI=1S/C33H32N2O4/c36-32-28-11-5-6-12-29(28)33(37)35(32)39-31(25-9-2-1-3-10-25)21-16-23-14-19-27(20-15-23)38-22-26-18-17-24-8-4-7-13-30(24)34-26/h4-8,11-15,17-20,25,31H,1-3,9-10,16,21-22H2. The summed E-state index contributed by atoms with van der Waals surface area (Å²) >= 11 is 0. The fourth-order valence-corrected chi connectivity index (χ4v) is 5.69. The van der Waals surface area contributed by atoms with Gasteiger partial charge in [0.15, 0.2) is 0 Å². The van der Waals surface area contributed by atoms with Crippen LogP contribution in [-0.2, 0) is 17.9 Å². The number of carbonyl (C=O) groups is 2. The highest BCUT2D eigenvalue weighted by molar-refractivity contribution is 6.20. The Morgan fingerprint density at radius 1 is 0.795 bits per heavy atom. The molecular formula is C33H32N2O4. The van der Waals surface area contributed by atoms with Crippen LogP contribution in [0.4, 0.5) is 0 Å². The van der Waals surface area contributed by atoms with Gasteiger partial charge in [0.1, 0.15) is 12.4 Å². The summed E-state index contributed by atoms with van der Waals surface area (Å²) in [5, 5.41) is 2.12. The number of para-hydroxylation sites is 1. The quantitative estimate of drug-likeness (QED) is 0.224. The van der Waals surface area contributed by atoms with E-state index in [0.717, 1.165) is 71.5 Å². The molecule has 1 fully saturated rings. The van der Waals surface area contributed by atoms with Gasteiger partial charge in [-0.2, -0.15) is 0 Å². The van der Waals surface area contributed by atoms with Crippen LogP contribution in [-0.4, -0.2) is 28.0 Å². The van der Waals surface area contributed by atoms with Gasteiger partial charge in [-0.3, -0.25) is 14.4 Å². The third kappa shape index (κ3) is 5.57. The maximum absolute atomic E-state index is 12.9. The van der Waals surface area contributed by atoms with Crippen LogP contribution in [0, 0.1) is 5.92 Å². The minimum Gasteiger partial charge on any atom is -0.487 e. The van der Waals surface area contributed by atoms with Gasteiger partial charge >= 0.3 is 0 Å². The fourth-order valence-electron chi connectivity index (χ4n) is 5.69. The van der Waals surface area contributed by atoms with E-state index in [1.807, 2.05) is 36.4 Å². The molecule has 0 bridgehead atoms. The number of fused-ring (bicyclic) bond motifs is 2. The molecule has 198 valence electrons. The molecule has 2 amide bonds. The summed E-state index contributed by atoms with van der Waals surface area (Å²) in [6.07, 6.45) is 6.99. The highest BCUT2D eigenvalue weighted by Crippen LogP contribution is 2.33. The second-order valence-corrected chi connectivity index (χ2v) is 10.5. The Hall–Kier alpha value is -4.03. The average Bonchev–Trinajstić information content (AvgIpc) is 3.23. The molecule has 6 rings (SSSR count). The van der Waals surface area contributed by atoms with Crippen molar-refractivity contribution in [3.8, 4) is 5.75 Å². The molecule has 6 nitrogen and oxygen atoms in total. The number of hydroxylamine groups is 2. The summed E-state index contributed by atoms with van der Waals surface area (Å²) in [6.45, 7) is 0.405. The first-order chi connectivity index (χ1) is 19.2. The van der Waals surface area contributed by atoms with Crippen LogP contribution >= 0.6 is 0 Å². The van der Waals surface area contributed by atoms with E-state index < -0.39 is 0 Å². The second kappa shape index (κ2) is 11.4. The van der Waals surface area contributed by atoms with Crippen LogP contribution in [0.3, 0.4) is 0 Å². The molecule has 1 aliphatic heterocycles. The summed E-state index contributed by atoms with van der Waals surface area (Å²) in [5.41, 5.74) is 3.85. The number of hydrogen-bond donors (Lipinski definition) is 0. The zero-order chi connectivity index (χ0) is 26.6. The molecule has 1 aromatic heterocycles. The smallest absolute Gasteiger partial charge is 0.285 e. The second-order valence-electron chi connectivity index (χ2n) is 10.5. The molecule has 1 saturated carbocycles. The summed E-state index contributed by atoms with van der Waals surface area (Å²) in [4.78, 5) is 36.8. The van der Waals surface area contributed by atoms with E-state index in [1.165, 1.54) is 6.42 Å². The van der Waals surface area contributed by atoms with Crippen molar-refractivity contribution in [1.29, 1.82) is 0 Å². The summed E-state index contributed by atoms with van der Waals surface area (Å²) in [6, 6.07) is 27.2. The molecule has 4 aromatic rings. The minimum atomic E-state index is -0.362. The lowest BCUT2D eigenvalue weighted by molar-refractivity contribution is -0.155. The van der Waals surface area contributed by atoms with Gasteiger partial charge < -0.3 is 4.74 Å². The predicted molar refractivity (Wildman–Crippen MR) is 149 cm³/mol. The van der Waals surface area contributed by atoms with Gasteiger partial charge in [0.2, 0.25) is 0 Å². The average molecular weight is 521 g/mol. The number of carbonyl (C=O) groups excluding carboxylic acids is 2. The monoisotopic (exact) mass is 520 g/mol. The Bertz CT molecular complexity index is 1440. The van der Waals surface area contributed by atoms with Gasteiger partial charge in [0.25, 0.3) is 11.8 Å². The van der Waals surface area contributed by atoms with Crippen molar-refractivity contribution in [2.24, 2.45) is 5.92 Å². The lowest BCUT2D eigenvalue weighted by Gasteiger charge is -2.32. The number of benzene rings is 3. The third-order valence-electron chi connectivity index (χ3n) is 7.86. The Morgan fingerprint density at radius 3 is 2.23 bits per heavy atom. The van der Waals surface area contributed by atoms with Gasteiger partial charge in [0, 0.05) is 5.39 Å². The van der Waals surface area contributed by atoms with Crippen molar-refractivity contribution in [3.63, 3.8) is 0 Å². The summed E-state index contributed by atoms with van der Waals surface area (Å²) in [5.74, 6) is 0.401. The van der Waals surface area contributed by atoms with Crippen molar-refractivity contribution in [2.45, 2.75) is 57.7 Å². The van der Waals surface area contributed by atoms with E-state index in [9.17, 15) is 9.59 Å². The number of nitrogens with zero attached hydrogens (tertiary/aromatic N) is 2. The van der Waals surface area contributed by atoms with Gasteiger partial charge in [-0.1, -0.05) is 67.8 Å². The maximum Gasteiger partial charge on any atom is 0.285 e. The van der Waals surface area contributed by atoms with Crippen LogP contribution in [0.2, 0.25) is 0 Å². The van der Waals surface area contributed by atoms with Gasteiger partial charge in [-0.05, 0) is 73.6 Å². The van der Waals surface area contributed by atoms with E-state index in [0.29, 0.717) is 23.7 Å². The third-order valence-corrected chi connectivity index (χ3v) is 7.86. The molecule has 3 aromatic carbocycles. The molecule has 6 heteroatoms. The first-order valence-electron chi connectivity index (χ1n) is 13.9. The lowest BCUT2D eigenvalue weighted by Crippen LogP contribution is -2.38. The van der Waals surface area contributed by atoms with Crippen molar-refractivity contribution >= 4 is 22.7 Å². The van der Waals surface area contributed by atoms with Crippen LogP contribution in [0.1, 0.15) is 70.5 Å². The number of amides is 2. The molecule has 1 aliphatic carbocycles. The Morgan fingerprint density at radius 2 is 1.49 bits per heavy atom. The number of hydrogen-bond acceptors (Lipinski definition) is 5. The molecule has 0 spiro atoms. The topological polar surface area (TPSA) is 68.7 Å². The van der Waals surface area contributed by atoms with Crippen molar-refractivity contribution in [1.82, 2.24) is 10.0 Å². The molecular weight excluding hydrogens is 488 g/mol. The normalized spacial score (nSPS) is 16.5. The Balaban J connectivity index is 1.08. The molecule has 0 N–H and O–H groups in total. The number of rotatable bonds is 9. The molecule has 39 heavy (non-hydrogen) atoms. The molecule has 0 radical (unpaired) electrons. The van der Waals surface area contributed by atoms with Crippen LogP contribution in [0.25, 0.3) is 10.9 Å². The first-order valence-corrected chi connectivity index (χ1v) is 13.9. The van der Waals surface area contributed by atoms with Crippen molar-refractivity contribution in [3.05, 3.63) is 107 Å². The molecule has 0 saturated heterocycles.